The van der Waals surface area contributed by atoms with E-state index in [2.05, 4.69) is 22.3 Å². The van der Waals surface area contributed by atoms with Gasteiger partial charge in [-0.05, 0) is 92.9 Å². The van der Waals surface area contributed by atoms with E-state index >= 15 is 0 Å². The molecule has 1 aliphatic heterocycles. The highest BCUT2D eigenvalue weighted by Gasteiger charge is 2.54. The molecule has 27 heavy (non-hydrogen) atoms. The van der Waals surface area contributed by atoms with E-state index in [9.17, 15) is 4.79 Å². The van der Waals surface area contributed by atoms with E-state index in [4.69, 9.17) is 4.74 Å². The van der Waals surface area contributed by atoms with Crippen LogP contribution in [0.2, 0.25) is 0 Å². The van der Waals surface area contributed by atoms with Crippen LogP contribution in [0.3, 0.4) is 0 Å². The molecule has 6 rings (SSSR count). The first-order valence-corrected chi connectivity index (χ1v) is 10.8. The number of benzene rings is 1. The molecule has 4 heteroatoms. The number of nitrogens with zero attached hydrogens (tertiary/aromatic N) is 1. The lowest BCUT2D eigenvalue weighted by atomic mass is 9.49. The number of carbonyl (C=O) groups excluding carboxylic acids is 1. The van der Waals surface area contributed by atoms with Gasteiger partial charge in [-0.3, -0.25) is 4.79 Å². The summed E-state index contributed by atoms with van der Waals surface area (Å²) in [5.74, 6) is 4.34. The van der Waals surface area contributed by atoms with Crippen molar-refractivity contribution < 1.29 is 9.53 Å². The third-order valence-electron chi connectivity index (χ3n) is 7.79. The summed E-state index contributed by atoms with van der Waals surface area (Å²) in [6, 6.07) is 8.32. The van der Waals surface area contributed by atoms with Gasteiger partial charge < -0.3 is 15.0 Å². The summed E-state index contributed by atoms with van der Waals surface area (Å²) in [5.41, 5.74) is 1.24. The van der Waals surface area contributed by atoms with Crippen molar-refractivity contribution in [2.75, 3.05) is 31.6 Å². The Bertz CT molecular complexity index is 664. The van der Waals surface area contributed by atoms with E-state index in [1.165, 1.54) is 24.9 Å². The van der Waals surface area contributed by atoms with Crippen molar-refractivity contribution >= 4 is 11.6 Å². The second-order valence-corrected chi connectivity index (χ2v) is 9.71. The van der Waals surface area contributed by atoms with Gasteiger partial charge in [0.05, 0.1) is 7.11 Å². The van der Waals surface area contributed by atoms with Crippen LogP contribution in [0.4, 0.5) is 5.69 Å². The lowest BCUT2D eigenvalue weighted by molar-refractivity contribution is -0.146. The van der Waals surface area contributed by atoms with Crippen LogP contribution < -0.4 is 15.0 Å². The Kier molecular flexibility index (Phi) is 4.33. The summed E-state index contributed by atoms with van der Waals surface area (Å²) >= 11 is 0. The summed E-state index contributed by atoms with van der Waals surface area (Å²) in [6.45, 7) is 2.95. The van der Waals surface area contributed by atoms with E-state index in [1.807, 2.05) is 12.1 Å². The maximum atomic E-state index is 13.1. The Labute approximate surface area is 162 Å². The standard InChI is InChI=1S/C23H32N2O2/c1-27-21-4-2-20(3-5-21)25-7-6-16(15-25)14-24-22(26)23-11-17-8-18(12-23)10-19(9-17)13-23/h2-5,16-19H,6-15H2,1H3,(H,24,26). The molecule has 146 valence electrons. The van der Waals surface area contributed by atoms with Crippen LogP contribution in [-0.4, -0.2) is 32.7 Å². The summed E-state index contributed by atoms with van der Waals surface area (Å²) in [5, 5.41) is 3.39. The molecule has 5 fully saturated rings. The molecule has 1 saturated heterocycles. The van der Waals surface area contributed by atoms with Crippen molar-refractivity contribution in [2.24, 2.45) is 29.1 Å². The first-order valence-electron chi connectivity index (χ1n) is 10.8. The number of ether oxygens (including phenoxy) is 1. The van der Waals surface area contributed by atoms with Gasteiger partial charge in [-0.1, -0.05) is 0 Å². The zero-order chi connectivity index (χ0) is 18.4. The molecule has 4 nitrogen and oxygen atoms in total. The van der Waals surface area contributed by atoms with Gasteiger partial charge >= 0.3 is 0 Å². The molecule has 4 saturated carbocycles. The molecule has 0 aromatic heterocycles. The number of hydrogen-bond acceptors (Lipinski definition) is 3. The molecule has 1 atom stereocenters. The van der Waals surface area contributed by atoms with E-state index in [1.54, 1.807) is 7.11 Å². The average molecular weight is 369 g/mol. The first-order chi connectivity index (χ1) is 13.1. The van der Waals surface area contributed by atoms with Crippen molar-refractivity contribution in [1.82, 2.24) is 5.32 Å². The Hall–Kier alpha value is -1.71. The van der Waals surface area contributed by atoms with Crippen LogP contribution in [-0.2, 0) is 4.79 Å². The van der Waals surface area contributed by atoms with Crippen LogP contribution in [0.25, 0.3) is 0 Å². The number of carbonyl (C=O) groups is 1. The zero-order valence-corrected chi connectivity index (χ0v) is 16.5. The Morgan fingerprint density at radius 1 is 1.11 bits per heavy atom. The van der Waals surface area contributed by atoms with Crippen molar-refractivity contribution in [3.63, 3.8) is 0 Å². The molecule has 1 aromatic rings. The molecular formula is C23H32N2O2. The monoisotopic (exact) mass is 368 g/mol. The number of anilines is 1. The minimum Gasteiger partial charge on any atom is -0.497 e. The molecule has 1 heterocycles. The second kappa shape index (κ2) is 6.72. The van der Waals surface area contributed by atoms with Gasteiger partial charge in [-0.25, -0.2) is 0 Å². The largest absolute Gasteiger partial charge is 0.497 e. The molecule has 1 aromatic carbocycles. The predicted octanol–water partition coefficient (Wildman–Crippen LogP) is 3.85. The quantitative estimate of drug-likeness (QED) is 0.858. The first kappa shape index (κ1) is 17.4. The topological polar surface area (TPSA) is 41.6 Å². The fourth-order valence-electron chi connectivity index (χ4n) is 6.84. The number of hydrogen-bond donors (Lipinski definition) is 1. The van der Waals surface area contributed by atoms with Gasteiger partial charge in [0.2, 0.25) is 5.91 Å². The third-order valence-corrected chi connectivity index (χ3v) is 7.79. The van der Waals surface area contributed by atoms with Gasteiger partial charge in [0, 0.05) is 30.7 Å². The van der Waals surface area contributed by atoms with E-state index < -0.39 is 0 Å². The number of methoxy groups -OCH3 is 1. The Morgan fingerprint density at radius 3 is 2.33 bits per heavy atom. The summed E-state index contributed by atoms with van der Waals surface area (Å²) < 4.78 is 5.25. The lowest BCUT2D eigenvalue weighted by Crippen LogP contribution is -2.54. The second-order valence-electron chi connectivity index (χ2n) is 9.71. The summed E-state index contributed by atoms with van der Waals surface area (Å²) in [6.07, 6.45) is 8.82. The fourth-order valence-corrected chi connectivity index (χ4v) is 6.84. The molecule has 0 spiro atoms. The molecule has 1 amide bonds. The van der Waals surface area contributed by atoms with Crippen LogP contribution in [0.5, 0.6) is 5.75 Å². The number of nitrogens with one attached hydrogen (secondary N) is 1. The van der Waals surface area contributed by atoms with Crippen LogP contribution in [0.15, 0.2) is 24.3 Å². The van der Waals surface area contributed by atoms with Gasteiger partial charge in [-0.2, -0.15) is 0 Å². The van der Waals surface area contributed by atoms with Crippen molar-refractivity contribution in [1.29, 1.82) is 0 Å². The number of amides is 1. The SMILES string of the molecule is COc1ccc(N2CCC(CNC(=O)C34CC5CC(CC(C5)C3)C4)C2)cc1. The fraction of sp³-hybridized carbons (Fsp3) is 0.696. The molecule has 1 N–H and O–H groups in total. The molecule has 4 bridgehead atoms. The molecular weight excluding hydrogens is 336 g/mol. The molecule has 4 aliphatic carbocycles. The van der Waals surface area contributed by atoms with Crippen LogP contribution in [0.1, 0.15) is 44.9 Å². The van der Waals surface area contributed by atoms with Gasteiger partial charge in [-0.15, -0.1) is 0 Å². The molecule has 5 aliphatic rings. The smallest absolute Gasteiger partial charge is 0.226 e. The van der Waals surface area contributed by atoms with Crippen molar-refractivity contribution in [3.05, 3.63) is 24.3 Å². The Balaban J connectivity index is 1.16. The number of rotatable bonds is 5. The zero-order valence-electron chi connectivity index (χ0n) is 16.5. The van der Waals surface area contributed by atoms with E-state index in [0.29, 0.717) is 11.8 Å². The van der Waals surface area contributed by atoms with E-state index in [0.717, 1.165) is 68.8 Å². The highest BCUT2D eigenvalue weighted by atomic mass is 16.5. The minimum absolute atomic E-state index is 0.0109. The van der Waals surface area contributed by atoms with Crippen molar-refractivity contribution in [3.8, 4) is 5.75 Å². The van der Waals surface area contributed by atoms with E-state index in [-0.39, 0.29) is 5.41 Å². The van der Waals surface area contributed by atoms with Crippen LogP contribution in [0, 0.1) is 29.1 Å². The Morgan fingerprint density at radius 2 is 1.74 bits per heavy atom. The highest BCUT2D eigenvalue weighted by molar-refractivity contribution is 5.83. The normalized spacial score (nSPS) is 36.9. The maximum absolute atomic E-state index is 13.1. The van der Waals surface area contributed by atoms with Crippen molar-refractivity contribution in [2.45, 2.75) is 44.9 Å². The van der Waals surface area contributed by atoms with Gasteiger partial charge in [0.15, 0.2) is 0 Å². The van der Waals surface area contributed by atoms with Crippen LogP contribution >= 0.6 is 0 Å². The summed E-state index contributed by atoms with van der Waals surface area (Å²) in [4.78, 5) is 15.6. The van der Waals surface area contributed by atoms with Gasteiger partial charge in [0.25, 0.3) is 0 Å². The molecule has 0 radical (unpaired) electrons. The van der Waals surface area contributed by atoms with Gasteiger partial charge in [0.1, 0.15) is 5.75 Å². The highest BCUT2D eigenvalue weighted by Crippen LogP contribution is 2.60. The predicted molar refractivity (Wildman–Crippen MR) is 107 cm³/mol. The minimum atomic E-state index is -0.0109. The average Bonchev–Trinajstić information content (AvgIpc) is 3.14. The third kappa shape index (κ3) is 3.21. The maximum Gasteiger partial charge on any atom is 0.226 e. The lowest BCUT2D eigenvalue weighted by Gasteiger charge is -2.55. The summed E-state index contributed by atoms with van der Waals surface area (Å²) in [7, 11) is 1.70. The molecule has 1 unspecified atom stereocenters.